The van der Waals surface area contributed by atoms with E-state index in [4.69, 9.17) is 5.73 Å². The molecule has 96 valence electrons. The fourth-order valence-corrected chi connectivity index (χ4v) is 2.32. The van der Waals surface area contributed by atoms with Crippen LogP contribution in [-0.2, 0) is 0 Å². The van der Waals surface area contributed by atoms with Crippen molar-refractivity contribution in [1.29, 1.82) is 0 Å². The number of nitrogen functional groups attached to an aromatic ring is 1. The summed E-state index contributed by atoms with van der Waals surface area (Å²) in [5.74, 6) is 0.915. The third kappa shape index (κ3) is 1.68. The normalized spacial score (nSPS) is 16.1. The number of aliphatic hydroxyl groups excluding tert-OH is 1. The number of nitrogens with two attached hydrogens (primary N) is 1. The van der Waals surface area contributed by atoms with Crippen LogP contribution in [0.4, 0.5) is 11.6 Å². The van der Waals surface area contributed by atoms with Gasteiger partial charge < -0.3 is 20.8 Å². The Kier molecular flexibility index (Phi) is 2.57. The zero-order valence-electron chi connectivity index (χ0n) is 9.82. The molecule has 0 unspecified atom stereocenters. The number of rotatable bonds is 2. The summed E-state index contributed by atoms with van der Waals surface area (Å²) >= 11 is 0. The number of anilines is 2. The molecule has 0 saturated carbocycles. The summed E-state index contributed by atoms with van der Waals surface area (Å²) in [7, 11) is 0. The minimum absolute atomic E-state index is 0.0936. The fraction of sp³-hybridized carbons (Fsp3) is 0.455. The molecule has 0 atom stereocenters. The average Bonchev–Trinajstić information content (AvgIpc) is 2.92. The van der Waals surface area contributed by atoms with Gasteiger partial charge in [0.25, 0.3) is 0 Å². The molecule has 0 aliphatic carbocycles. The molecule has 1 aliphatic heterocycles. The molecule has 0 bridgehead atoms. The highest BCUT2D eigenvalue weighted by atomic mass is 16.5. The van der Waals surface area contributed by atoms with Gasteiger partial charge in [-0.25, -0.2) is 9.50 Å². The Bertz CT molecular complexity index is 574. The Labute approximate surface area is 103 Å². The molecule has 2 aromatic rings. The van der Waals surface area contributed by atoms with Gasteiger partial charge in [0, 0.05) is 19.3 Å². The second-order valence-electron chi connectivity index (χ2n) is 4.42. The summed E-state index contributed by atoms with van der Waals surface area (Å²) in [5, 5.41) is 22.6. The van der Waals surface area contributed by atoms with E-state index in [-0.39, 0.29) is 11.4 Å². The standard InChI is InChI=1S/C11H15N5O2/c12-9-8(11(17)18)10-13-7(3-6-16(10)14-9)15-4-1-2-5-15/h3,6,11,17-18H,1-2,4-5H2,(H2,12,14). The molecular weight excluding hydrogens is 234 g/mol. The Balaban J connectivity index is 2.12. The molecule has 1 fully saturated rings. The van der Waals surface area contributed by atoms with E-state index in [0.29, 0.717) is 5.65 Å². The van der Waals surface area contributed by atoms with Crippen LogP contribution in [0.5, 0.6) is 0 Å². The van der Waals surface area contributed by atoms with Crippen LogP contribution < -0.4 is 10.6 Å². The van der Waals surface area contributed by atoms with Crippen molar-refractivity contribution in [2.24, 2.45) is 0 Å². The molecule has 3 rings (SSSR count). The first-order chi connectivity index (χ1) is 8.66. The number of aliphatic hydroxyl groups is 2. The van der Waals surface area contributed by atoms with Gasteiger partial charge in [-0.3, -0.25) is 0 Å². The van der Waals surface area contributed by atoms with E-state index in [2.05, 4.69) is 15.0 Å². The Hall–Kier alpha value is -1.86. The first-order valence-electron chi connectivity index (χ1n) is 5.92. The lowest BCUT2D eigenvalue weighted by Gasteiger charge is -2.16. The summed E-state index contributed by atoms with van der Waals surface area (Å²) in [5.41, 5.74) is 6.21. The molecular formula is C11H15N5O2. The number of fused-ring (bicyclic) bond motifs is 1. The first kappa shape index (κ1) is 11.2. The topological polar surface area (TPSA) is 99.9 Å². The Morgan fingerprint density at radius 1 is 1.28 bits per heavy atom. The van der Waals surface area contributed by atoms with Crippen molar-refractivity contribution in [1.82, 2.24) is 14.6 Å². The predicted octanol–water partition coefficient (Wildman–Crippen LogP) is -0.105. The largest absolute Gasteiger partial charge is 0.382 e. The van der Waals surface area contributed by atoms with E-state index < -0.39 is 6.29 Å². The third-order valence-electron chi connectivity index (χ3n) is 3.22. The maximum absolute atomic E-state index is 9.32. The summed E-state index contributed by atoms with van der Waals surface area (Å²) in [6.07, 6.45) is 2.38. The number of nitrogens with zero attached hydrogens (tertiary/aromatic N) is 4. The van der Waals surface area contributed by atoms with Gasteiger partial charge in [-0.2, -0.15) is 0 Å². The van der Waals surface area contributed by atoms with Gasteiger partial charge in [0.05, 0.1) is 5.56 Å². The van der Waals surface area contributed by atoms with Gasteiger partial charge in [-0.1, -0.05) is 0 Å². The molecule has 0 aromatic carbocycles. The monoisotopic (exact) mass is 249 g/mol. The van der Waals surface area contributed by atoms with Crippen molar-refractivity contribution in [3.05, 3.63) is 17.8 Å². The average molecular weight is 249 g/mol. The van der Waals surface area contributed by atoms with E-state index in [1.807, 2.05) is 6.07 Å². The van der Waals surface area contributed by atoms with E-state index >= 15 is 0 Å². The van der Waals surface area contributed by atoms with Crippen molar-refractivity contribution in [2.45, 2.75) is 19.1 Å². The molecule has 0 radical (unpaired) electrons. The summed E-state index contributed by atoms with van der Waals surface area (Å²) in [6.45, 7) is 1.95. The summed E-state index contributed by atoms with van der Waals surface area (Å²) < 4.78 is 1.46. The zero-order chi connectivity index (χ0) is 12.7. The van der Waals surface area contributed by atoms with E-state index in [9.17, 15) is 10.2 Å². The van der Waals surface area contributed by atoms with Crippen LogP contribution in [0.25, 0.3) is 5.65 Å². The van der Waals surface area contributed by atoms with E-state index in [1.165, 1.54) is 4.52 Å². The predicted molar refractivity (Wildman–Crippen MR) is 66.0 cm³/mol. The van der Waals surface area contributed by atoms with Gasteiger partial charge >= 0.3 is 0 Å². The summed E-state index contributed by atoms with van der Waals surface area (Å²) in [6, 6.07) is 1.86. The van der Waals surface area contributed by atoms with Crippen molar-refractivity contribution >= 4 is 17.3 Å². The van der Waals surface area contributed by atoms with Crippen LogP contribution in [0, 0.1) is 0 Å². The van der Waals surface area contributed by atoms with Crippen LogP contribution in [0.15, 0.2) is 12.3 Å². The third-order valence-corrected chi connectivity index (χ3v) is 3.22. The van der Waals surface area contributed by atoms with Crippen molar-refractivity contribution in [3.63, 3.8) is 0 Å². The molecule has 1 saturated heterocycles. The number of hydrogen-bond donors (Lipinski definition) is 3. The highest BCUT2D eigenvalue weighted by molar-refractivity contribution is 5.62. The molecule has 3 heterocycles. The lowest BCUT2D eigenvalue weighted by atomic mass is 10.3. The lowest BCUT2D eigenvalue weighted by Crippen LogP contribution is -2.19. The lowest BCUT2D eigenvalue weighted by molar-refractivity contribution is -0.0408. The molecule has 0 spiro atoms. The van der Waals surface area contributed by atoms with Crippen molar-refractivity contribution in [3.8, 4) is 0 Å². The van der Waals surface area contributed by atoms with Crippen LogP contribution in [-0.4, -0.2) is 37.9 Å². The molecule has 0 amide bonds. The molecule has 18 heavy (non-hydrogen) atoms. The fourth-order valence-electron chi connectivity index (χ4n) is 2.32. The quantitative estimate of drug-likeness (QED) is 0.642. The number of hydrogen-bond acceptors (Lipinski definition) is 6. The van der Waals surface area contributed by atoms with Crippen LogP contribution in [0.1, 0.15) is 24.7 Å². The van der Waals surface area contributed by atoms with Gasteiger partial charge in [0.2, 0.25) is 0 Å². The molecule has 7 heteroatoms. The van der Waals surface area contributed by atoms with Gasteiger partial charge in [-0.05, 0) is 18.9 Å². The first-order valence-corrected chi connectivity index (χ1v) is 5.92. The van der Waals surface area contributed by atoms with Gasteiger partial charge in [0.15, 0.2) is 17.8 Å². The Morgan fingerprint density at radius 3 is 2.67 bits per heavy atom. The molecule has 7 nitrogen and oxygen atoms in total. The molecule has 2 aromatic heterocycles. The smallest absolute Gasteiger partial charge is 0.185 e. The van der Waals surface area contributed by atoms with Crippen LogP contribution in [0.2, 0.25) is 0 Å². The van der Waals surface area contributed by atoms with Gasteiger partial charge in [0.1, 0.15) is 5.82 Å². The van der Waals surface area contributed by atoms with Gasteiger partial charge in [-0.15, -0.1) is 5.10 Å². The minimum atomic E-state index is -1.66. The highest BCUT2D eigenvalue weighted by Crippen LogP contribution is 2.25. The van der Waals surface area contributed by atoms with E-state index in [1.54, 1.807) is 6.20 Å². The zero-order valence-corrected chi connectivity index (χ0v) is 9.82. The molecule has 1 aliphatic rings. The Morgan fingerprint density at radius 2 is 2.00 bits per heavy atom. The van der Waals surface area contributed by atoms with Crippen molar-refractivity contribution in [2.75, 3.05) is 23.7 Å². The van der Waals surface area contributed by atoms with Crippen LogP contribution in [0.3, 0.4) is 0 Å². The minimum Gasteiger partial charge on any atom is -0.382 e. The summed E-state index contributed by atoms with van der Waals surface area (Å²) in [4.78, 5) is 6.59. The second-order valence-corrected chi connectivity index (χ2v) is 4.42. The van der Waals surface area contributed by atoms with E-state index in [0.717, 1.165) is 31.7 Å². The maximum Gasteiger partial charge on any atom is 0.185 e. The molecule has 4 N–H and O–H groups in total. The number of aromatic nitrogens is 3. The maximum atomic E-state index is 9.32. The van der Waals surface area contributed by atoms with Crippen molar-refractivity contribution < 1.29 is 10.2 Å². The highest BCUT2D eigenvalue weighted by Gasteiger charge is 2.20. The van der Waals surface area contributed by atoms with Crippen LogP contribution >= 0.6 is 0 Å². The SMILES string of the molecule is Nc1nn2ccc(N3CCCC3)nc2c1C(O)O. The second kappa shape index (κ2) is 4.11.